The molecule has 0 radical (unpaired) electrons. The highest BCUT2D eigenvalue weighted by atomic mass is 35.5. The zero-order chi connectivity index (χ0) is 9.56. The number of alkyl halides is 1. The highest BCUT2D eigenvalue weighted by Crippen LogP contribution is 1.97. The summed E-state index contributed by atoms with van der Waals surface area (Å²) >= 11 is 5.11. The number of carbonyl (C=O) groups is 1. The van der Waals surface area contributed by atoms with Gasteiger partial charge in [-0.15, -0.1) is 11.6 Å². The molecule has 0 amide bonds. The average Bonchev–Trinajstić information content (AvgIpc) is 2.04. The minimum Gasteiger partial charge on any atom is -0.457 e. The number of nitro groups is 1. The Labute approximate surface area is 74.8 Å². The molecule has 70 valence electrons. The number of rotatable bonds is 5. The minimum atomic E-state index is -0.822. The molecule has 0 saturated heterocycles. The number of carbonyl (C=O) groups excluding carboxylic acids is 1. The van der Waals surface area contributed by atoms with E-state index < -0.39 is 16.9 Å². The second-order valence-corrected chi connectivity index (χ2v) is 2.43. The van der Waals surface area contributed by atoms with Crippen LogP contribution < -0.4 is 0 Å². The van der Waals surface area contributed by atoms with E-state index in [9.17, 15) is 14.9 Å². The van der Waals surface area contributed by atoms with Gasteiger partial charge in [0, 0.05) is 11.3 Å². The fraction of sp³-hybridized carbons (Fsp3) is 0.833. The van der Waals surface area contributed by atoms with E-state index >= 15 is 0 Å². The molecule has 0 aliphatic heterocycles. The normalized spacial score (nSPS) is 12.2. The molecule has 0 aromatic rings. The maximum absolute atomic E-state index is 10.5. The van der Waals surface area contributed by atoms with Gasteiger partial charge in [-0.1, -0.05) is 6.92 Å². The summed E-state index contributed by atoms with van der Waals surface area (Å²) in [5.41, 5.74) is 0. The van der Waals surface area contributed by atoms with Crippen molar-refractivity contribution in [1.29, 1.82) is 0 Å². The lowest BCUT2D eigenvalue weighted by molar-refractivity contribution is -0.525. The predicted octanol–water partition coefficient (Wildman–Crippen LogP) is 0.824. The highest BCUT2D eigenvalue weighted by Gasteiger charge is 2.19. The van der Waals surface area contributed by atoms with Gasteiger partial charge in [0.1, 0.15) is 5.88 Å². The molecule has 0 aromatic heterocycles. The van der Waals surface area contributed by atoms with E-state index in [0.717, 1.165) is 0 Å². The number of hydrogen-bond acceptors (Lipinski definition) is 4. The van der Waals surface area contributed by atoms with Crippen molar-refractivity contribution in [1.82, 2.24) is 0 Å². The van der Waals surface area contributed by atoms with E-state index in [4.69, 9.17) is 11.6 Å². The smallest absolute Gasteiger partial charge is 0.321 e. The number of ether oxygens (including phenoxy) is 1. The number of nitrogens with zero attached hydrogens (tertiary/aromatic N) is 1. The number of hydrogen-bond donors (Lipinski definition) is 0. The first-order chi connectivity index (χ1) is 5.61. The van der Waals surface area contributed by atoms with Gasteiger partial charge in [-0.25, -0.2) is 0 Å². The van der Waals surface area contributed by atoms with E-state index in [0.29, 0.717) is 6.42 Å². The quantitative estimate of drug-likeness (QED) is 0.282. The van der Waals surface area contributed by atoms with Gasteiger partial charge in [0.15, 0.2) is 6.61 Å². The second-order valence-electron chi connectivity index (χ2n) is 2.16. The molecule has 0 aromatic carbocycles. The Kier molecular flexibility index (Phi) is 5.36. The van der Waals surface area contributed by atoms with Crippen molar-refractivity contribution in [3.8, 4) is 0 Å². The molecule has 0 N–H and O–H groups in total. The largest absolute Gasteiger partial charge is 0.457 e. The molecule has 0 spiro atoms. The highest BCUT2D eigenvalue weighted by molar-refractivity contribution is 6.26. The molecule has 6 heteroatoms. The third-order valence-corrected chi connectivity index (χ3v) is 1.53. The summed E-state index contributed by atoms with van der Waals surface area (Å²) in [7, 11) is 0. The molecule has 0 rings (SSSR count). The van der Waals surface area contributed by atoms with Crippen LogP contribution in [0.3, 0.4) is 0 Å². The van der Waals surface area contributed by atoms with E-state index in [-0.39, 0.29) is 12.5 Å². The third kappa shape index (κ3) is 4.12. The maximum Gasteiger partial charge on any atom is 0.321 e. The Morgan fingerprint density at radius 1 is 1.75 bits per heavy atom. The molecule has 12 heavy (non-hydrogen) atoms. The molecular formula is C6H10ClNO4. The summed E-state index contributed by atoms with van der Waals surface area (Å²) in [4.78, 5) is 20.2. The van der Waals surface area contributed by atoms with Crippen molar-refractivity contribution >= 4 is 17.6 Å². The van der Waals surface area contributed by atoms with Crippen LogP contribution in [0.15, 0.2) is 0 Å². The van der Waals surface area contributed by atoms with Crippen LogP contribution in [0.1, 0.15) is 13.3 Å². The molecule has 5 nitrogen and oxygen atoms in total. The summed E-state index contributed by atoms with van der Waals surface area (Å²) in [6.07, 6.45) is 0.336. The fourth-order valence-electron chi connectivity index (χ4n) is 0.555. The molecular weight excluding hydrogens is 186 g/mol. The van der Waals surface area contributed by atoms with Gasteiger partial charge >= 0.3 is 5.97 Å². The Bertz CT molecular complexity index is 173. The van der Waals surface area contributed by atoms with Crippen molar-refractivity contribution in [3.05, 3.63) is 10.1 Å². The van der Waals surface area contributed by atoms with Gasteiger partial charge in [0.2, 0.25) is 6.04 Å². The molecule has 0 saturated carbocycles. The van der Waals surface area contributed by atoms with E-state index in [1.54, 1.807) is 6.92 Å². The van der Waals surface area contributed by atoms with Gasteiger partial charge in [-0.3, -0.25) is 14.9 Å². The lowest BCUT2D eigenvalue weighted by Gasteiger charge is -2.06. The summed E-state index contributed by atoms with van der Waals surface area (Å²) in [5, 5.41) is 10.2. The summed E-state index contributed by atoms with van der Waals surface area (Å²) in [6.45, 7) is 1.46. The van der Waals surface area contributed by atoms with Crippen LogP contribution in [0.4, 0.5) is 0 Å². The molecule has 0 aliphatic carbocycles. The van der Waals surface area contributed by atoms with Crippen LogP contribution in [0.25, 0.3) is 0 Å². The third-order valence-electron chi connectivity index (χ3n) is 1.32. The van der Waals surface area contributed by atoms with Crippen LogP contribution in [0, 0.1) is 10.1 Å². The average molecular weight is 196 g/mol. The Balaban J connectivity index is 3.73. The van der Waals surface area contributed by atoms with Gasteiger partial charge in [-0.05, 0) is 0 Å². The standard InChI is InChI=1S/C6H10ClNO4/c1-2-5(8(10)11)4-12-6(9)3-7/h5H,2-4H2,1H3. The maximum atomic E-state index is 10.5. The zero-order valence-electron chi connectivity index (χ0n) is 6.66. The Morgan fingerprint density at radius 2 is 2.33 bits per heavy atom. The monoisotopic (exact) mass is 195 g/mol. The molecule has 0 bridgehead atoms. The van der Waals surface area contributed by atoms with Crippen LogP contribution in [-0.4, -0.2) is 29.4 Å². The van der Waals surface area contributed by atoms with Crippen LogP contribution in [0.5, 0.6) is 0 Å². The molecule has 0 heterocycles. The number of esters is 1. The summed E-state index contributed by atoms with van der Waals surface area (Å²) < 4.78 is 4.49. The van der Waals surface area contributed by atoms with Crippen LogP contribution in [-0.2, 0) is 9.53 Å². The molecule has 1 atom stereocenters. The van der Waals surface area contributed by atoms with Crippen LogP contribution in [0.2, 0.25) is 0 Å². The molecule has 0 fully saturated rings. The SMILES string of the molecule is CCC(COC(=O)CCl)[N+](=O)[O-]. The first-order valence-electron chi connectivity index (χ1n) is 3.46. The van der Waals surface area contributed by atoms with Crippen molar-refractivity contribution in [3.63, 3.8) is 0 Å². The topological polar surface area (TPSA) is 69.4 Å². The fourth-order valence-corrected chi connectivity index (χ4v) is 0.633. The minimum absolute atomic E-state index is 0.199. The van der Waals surface area contributed by atoms with Gasteiger partial charge in [0.05, 0.1) is 0 Å². The Hall–Kier alpha value is -0.840. The van der Waals surface area contributed by atoms with E-state index in [1.807, 2.05) is 0 Å². The second kappa shape index (κ2) is 5.77. The van der Waals surface area contributed by atoms with E-state index in [1.165, 1.54) is 0 Å². The van der Waals surface area contributed by atoms with Crippen molar-refractivity contribution in [2.45, 2.75) is 19.4 Å². The Morgan fingerprint density at radius 3 is 2.67 bits per heavy atom. The van der Waals surface area contributed by atoms with Gasteiger partial charge in [0.25, 0.3) is 0 Å². The van der Waals surface area contributed by atoms with Crippen molar-refractivity contribution in [2.24, 2.45) is 0 Å². The van der Waals surface area contributed by atoms with Gasteiger partial charge < -0.3 is 4.74 Å². The van der Waals surface area contributed by atoms with Gasteiger partial charge in [-0.2, -0.15) is 0 Å². The van der Waals surface area contributed by atoms with Crippen molar-refractivity contribution < 1.29 is 14.5 Å². The lowest BCUT2D eigenvalue weighted by atomic mass is 10.2. The molecule has 0 aliphatic rings. The van der Waals surface area contributed by atoms with E-state index in [2.05, 4.69) is 4.74 Å². The first-order valence-corrected chi connectivity index (χ1v) is 4.00. The number of halogens is 1. The molecule has 1 unspecified atom stereocenters. The van der Waals surface area contributed by atoms with Crippen molar-refractivity contribution in [2.75, 3.05) is 12.5 Å². The van der Waals surface area contributed by atoms with Crippen LogP contribution >= 0.6 is 11.6 Å². The summed E-state index contributed by atoms with van der Waals surface area (Å²) in [5.74, 6) is -0.898. The first kappa shape index (κ1) is 11.2. The lowest BCUT2D eigenvalue weighted by Crippen LogP contribution is -2.26. The predicted molar refractivity (Wildman–Crippen MR) is 42.8 cm³/mol. The zero-order valence-corrected chi connectivity index (χ0v) is 7.41. The summed E-state index contributed by atoms with van der Waals surface area (Å²) in [6, 6.07) is -0.822.